The molecule has 2 aromatic rings. The van der Waals surface area contributed by atoms with E-state index in [4.69, 9.17) is 14.4 Å². The number of carbonyl (C=O) groups is 1. The smallest absolute Gasteiger partial charge is 0.248 e. The Kier molecular flexibility index (Phi) is 5.82. The first kappa shape index (κ1) is 15.4. The molecule has 0 aliphatic heterocycles. The van der Waals surface area contributed by atoms with Gasteiger partial charge in [-0.15, -0.1) is 0 Å². The number of amides is 1. The summed E-state index contributed by atoms with van der Waals surface area (Å²) in [6.45, 7) is 0.476. The Hall–Kier alpha value is -3.00. The van der Waals surface area contributed by atoms with Crippen molar-refractivity contribution in [3.05, 3.63) is 54.5 Å². The predicted molar refractivity (Wildman–Crippen MR) is 83.2 cm³/mol. The maximum atomic E-state index is 11.8. The number of hydrogen-bond acceptors (Lipinski definition) is 4. The van der Waals surface area contributed by atoms with Crippen LogP contribution in [0.5, 0.6) is 5.75 Å². The molecule has 0 spiro atoms. The molecule has 1 amide bonds. The zero-order valence-electron chi connectivity index (χ0n) is 12.0. The van der Waals surface area contributed by atoms with Crippen LogP contribution >= 0.6 is 0 Å². The van der Waals surface area contributed by atoms with E-state index in [9.17, 15) is 4.79 Å². The molecule has 1 heterocycles. The fourth-order valence-electron chi connectivity index (χ4n) is 1.73. The van der Waals surface area contributed by atoms with Crippen LogP contribution < -0.4 is 10.1 Å². The van der Waals surface area contributed by atoms with E-state index in [0.29, 0.717) is 36.6 Å². The lowest BCUT2D eigenvalue weighted by Gasteiger charge is -2.07. The van der Waals surface area contributed by atoms with Crippen molar-refractivity contribution in [3.8, 4) is 11.8 Å². The van der Waals surface area contributed by atoms with E-state index in [-0.39, 0.29) is 5.91 Å². The number of nitriles is 1. The van der Waals surface area contributed by atoms with E-state index >= 15 is 0 Å². The average Bonchev–Trinajstić information content (AvgIpc) is 3.03. The summed E-state index contributed by atoms with van der Waals surface area (Å²) in [6, 6.07) is 12.7. The van der Waals surface area contributed by atoms with Crippen LogP contribution in [0.2, 0.25) is 0 Å². The van der Waals surface area contributed by atoms with Crippen molar-refractivity contribution in [2.45, 2.75) is 12.8 Å². The van der Waals surface area contributed by atoms with Crippen LogP contribution in [0.15, 0.2) is 53.2 Å². The van der Waals surface area contributed by atoms with Gasteiger partial charge in [0, 0.05) is 24.3 Å². The van der Waals surface area contributed by atoms with Crippen LogP contribution in [0.4, 0.5) is 5.69 Å². The number of hydrogen-bond donors (Lipinski definition) is 1. The average molecular weight is 296 g/mol. The summed E-state index contributed by atoms with van der Waals surface area (Å²) in [5.41, 5.74) is 0.645. The number of unbranched alkanes of at least 4 members (excludes halogenated alkanes) is 1. The summed E-state index contributed by atoms with van der Waals surface area (Å²) in [5, 5.41) is 11.2. The second-order valence-electron chi connectivity index (χ2n) is 4.48. The third-order valence-electron chi connectivity index (χ3n) is 2.75. The number of rotatable bonds is 7. The lowest BCUT2D eigenvalue weighted by Crippen LogP contribution is -2.07. The monoisotopic (exact) mass is 296 g/mol. The van der Waals surface area contributed by atoms with E-state index in [2.05, 4.69) is 11.4 Å². The molecule has 0 aliphatic rings. The van der Waals surface area contributed by atoms with E-state index in [1.807, 2.05) is 0 Å². The Morgan fingerprint density at radius 2 is 2.27 bits per heavy atom. The molecule has 1 aromatic carbocycles. The van der Waals surface area contributed by atoms with Crippen molar-refractivity contribution in [1.29, 1.82) is 5.26 Å². The summed E-state index contributed by atoms with van der Waals surface area (Å²) in [4.78, 5) is 11.8. The number of carbonyl (C=O) groups excluding carboxylic acids is 1. The minimum atomic E-state index is -0.252. The van der Waals surface area contributed by atoms with Crippen LogP contribution in [-0.4, -0.2) is 12.5 Å². The first-order valence-electron chi connectivity index (χ1n) is 6.90. The molecule has 0 unspecified atom stereocenters. The van der Waals surface area contributed by atoms with Crippen molar-refractivity contribution < 1.29 is 13.9 Å². The largest absolute Gasteiger partial charge is 0.493 e. The van der Waals surface area contributed by atoms with Gasteiger partial charge in [-0.25, -0.2) is 0 Å². The highest BCUT2D eigenvalue weighted by Crippen LogP contribution is 2.17. The van der Waals surface area contributed by atoms with Gasteiger partial charge in [0.15, 0.2) is 0 Å². The van der Waals surface area contributed by atoms with Gasteiger partial charge in [0.25, 0.3) is 0 Å². The summed E-state index contributed by atoms with van der Waals surface area (Å²) in [6.07, 6.45) is 5.69. The summed E-state index contributed by atoms with van der Waals surface area (Å²) < 4.78 is 10.6. The lowest BCUT2D eigenvalue weighted by molar-refractivity contribution is -0.111. The second-order valence-corrected chi connectivity index (χ2v) is 4.48. The van der Waals surface area contributed by atoms with Gasteiger partial charge in [0.2, 0.25) is 5.91 Å². The molecular weight excluding hydrogens is 280 g/mol. The molecule has 5 heteroatoms. The quantitative estimate of drug-likeness (QED) is 0.625. The van der Waals surface area contributed by atoms with Crippen molar-refractivity contribution in [2.24, 2.45) is 0 Å². The molecule has 0 atom stereocenters. The SMILES string of the molecule is N#CCCCOc1cccc(NC(=O)C=Cc2ccco2)c1. The predicted octanol–water partition coefficient (Wildman–Crippen LogP) is 3.61. The van der Waals surface area contributed by atoms with Gasteiger partial charge < -0.3 is 14.5 Å². The molecule has 112 valence electrons. The van der Waals surface area contributed by atoms with Gasteiger partial charge >= 0.3 is 0 Å². The highest BCUT2D eigenvalue weighted by atomic mass is 16.5. The summed E-state index contributed by atoms with van der Waals surface area (Å²) >= 11 is 0. The van der Waals surface area contributed by atoms with Crippen molar-refractivity contribution >= 4 is 17.7 Å². The van der Waals surface area contributed by atoms with Gasteiger partial charge in [-0.3, -0.25) is 4.79 Å². The van der Waals surface area contributed by atoms with Gasteiger partial charge in [0.05, 0.1) is 18.9 Å². The zero-order chi connectivity index (χ0) is 15.6. The number of nitrogens with zero attached hydrogens (tertiary/aromatic N) is 1. The maximum Gasteiger partial charge on any atom is 0.248 e. The Labute approximate surface area is 128 Å². The van der Waals surface area contributed by atoms with Gasteiger partial charge in [-0.05, 0) is 36.8 Å². The number of anilines is 1. The molecule has 0 fully saturated rings. The maximum absolute atomic E-state index is 11.8. The van der Waals surface area contributed by atoms with Crippen LogP contribution in [0.1, 0.15) is 18.6 Å². The number of benzene rings is 1. The molecule has 1 aromatic heterocycles. The van der Waals surface area contributed by atoms with E-state index in [0.717, 1.165) is 0 Å². The number of nitrogens with one attached hydrogen (secondary N) is 1. The molecular formula is C17H16N2O3. The first-order valence-corrected chi connectivity index (χ1v) is 6.90. The van der Waals surface area contributed by atoms with Gasteiger partial charge in [0.1, 0.15) is 11.5 Å². The topological polar surface area (TPSA) is 75.3 Å². The normalized spacial score (nSPS) is 10.3. The standard InChI is InChI=1S/C17H16N2O3/c18-10-1-2-11-22-16-6-3-5-14(13-16)19-17(20)9-8-15-7-4-12-21-15/h3-9,12-13H,1-2,11H2,(H,19,20). The molecule has 2 rings (SSSR count). The van der Waals surface area contributed by atoms with Crippen molar-refractivity contribution in [2.75, 3.05) is 11.9 Å². The zero-order valence-corrected chi connectivity index (χ0v) is 12.0. The third-order valence-corrected chi connectivity index (χ3v) is 2.75. The van der Waals surface area contributed by atoms with Crippen molar-refractivity contribution in [3.63, 3.8) is 0 Å². The summed E-state index contributed by atoms with van der Waals surface area (Å²) in [5.74, 6) is 1.02. The molecule has 5 nitrogen and oxygen atoms in total. The minimum Gasteiger partial charge on any atom is -0.493 e. The molecule has 0 saturated heterocycles. The van der Waals surface area contributed by atoms with Crippen LogP contribution in [0, 0.1) is 11.3 Å². The summed E-state index contributed by atoms with van der Waals surface area (Å²) in [7, 11) is 0. The molecule has 0 bridgehead atoms. The third kappa shape index (κ3) is 5.17. The lowest BCUT2D eigenvalue weighted by atomic mass is 10.3. The van der Waals surface area contributed by atoms with E-state index in [1.54, 1.807) is 48.7 Å². The van der Waals surface area contributed by atoms with Gasteiger partial charge in [-0.1, -0.05) is 6.07 Å². The molecule has 22 heavy (non-hydrogen) atoms. The Bertz CT molecular complexity index is 669. The van der Waals surface area contributed by atoms with Crippen LogP contribution in [-0.2, 0) is 4.79 Å². The Balaban J connectivity index is 1.87. The first-order chi connectivity index (χ1) is 10.8. The molecule has 1 N–H and O–H groups in total. The van der Waals surface area contributed by atoms with E-state index < -0.39 is 0 Å². The van der Waals surface area contributed by atoms with Crippen molar-refractivity contribution in [1.82, 2.24) is 0 Å². The highest BCUT2D eigenvalue weighted by Gasteiger charge is 2.01. The Morgan fingerprint density at radius 3 is 3.05 bits per heavy atom. The van der Waals surface area contributed by atoms with Gasteiger partial charge in [-0.2, -0.15) is 5.26 Å². The molecule has 0 radical (unpaired) electrons. The number of ether oxygens (including phenoxy) is 1. The minimum absolute atomic E-state index is 0.252. The number of furan rings is 1. The van der Waals surface area contributed by atoms with Crippen LogP contribution in [0.3, 0.4) is 0 Å². The highest BCUT2D eigenvalue weighted by molar-refractivity contribution is 6.01. The van der Waals surface area contributed by atoms with E-state index in [1.165, 1.54) is 6.08 Å². The Morgan fingerprint density at radius 1 is 1.36 bits per heavy atom. The fraction of sp³-hybridized carbons (Fsp3) is 0.176. The molecule has 0 aliphatic carbocycles. The molecule has 0 saturated carbocycles. The second kappa shape index (κ2) is 8.32. The fourth-order valence-corrected chi connectivity index (χ4v) is 1.73. The van der Waals surface area contributed by atoms with Crippen LogP contribution in [0.25, 0.3) is 6.08 Å².